The molecule has 0 amide bonds. The van der Waals surface area contributed by atoms with Crippen LogP contribution in [-0.4, -0.2) is 43.9 Å². The van der Waals surface area contributed by atoms with Crippen molar-refractivity contribution in [2.45, 2.75) is 52.6 Å². The summed E-state index contributed by atoms with van der Waals surface area (Å²) in [6.07, 6.45) is -1.91. The molecule has 0 bridgehead atoms. The summed E-state index contributed by atoms with van der Waals surface area (Å²) in [5.41, 5.74) is 2.45. The Balaban J connectivity index is 2.17. The van der Waals surface area contributed by atoms with Crippen LogP contribution in [0.4, 0.5) is 0 Å². The highest BCUT2D eigenvalue weighted by Crippen LogP contribution is 2.33. The summed E-state index contributed by atoms with van der Waals surface area (Å²) in [6, 6.07) is 11.8. The van der Waals surface area contributed by atoms with Gasteiger partial charge < -0.3 is 15.2 Å². The minimum absolute atomic E-state index is 0.135. The summed E-state index contributed by atoms with van der Waals surface area (Å²) >= 11 is 0. The van der Waals surface area contributed by atoms with E-state index in [0.717, 1.165) is 27.4 Å². The number of fused-ring (bicyclic) bond motifs is 3. The number of Topliss-reactive ketones (excluding diaryl/α,β-unsaturated/α-hetero) is 1. The average Bonchev–Trinajstić information content (AvgIpc) is 2.92. The first kappa shape index (κ1) is 18.6. The minimum Gasteiger partial charge on any atom is -0.379 e. The van der Waals surface area contributed by atoms with Crippen molar-refractivity contribution in [2.24, 2.45) is 0 Å². The predicted molar refractivity (Wildman–Crippen MR) is 104 cm³/mol. The number of carbonyl (C=O) groups is 1. The van der Waals surface area contributed by atoms with Gasteiger partial charge in [0.25, 0.3) is 0 Å². The van der Waals surface area contributed by atoms with E-state index in [1.165, 1.54) is 4.90 Å². The molecule has 0 aliphatic carbocycles. The molecule has 2 aromatic carbocycles. The number of aliphatic hydroxyl groups is 2. The minimum atomic E-state index is -1.06. The number of hydrogen-bond acceptors (Lipinski definition) is 4. The summed E-state index contributed by atoms with van der Waals surface area (Å²) in [7, 11) is 0. The van der Waals surface area contributed by atoms with Gasteiger partial charge in [-0.3, -0.25) is 4.79 Å². The Hall–Kier alpha value is -2.21. The van der Waals surface area contributed by atoms with Gasteiger partial charge in [0.05, 0.1) is 5.54 Å². The van der Waals surface area contributed by atoms with Gasteiger partial charge >= 0.3 is 0 Å². The van der Waals surface area contributed by atoms with E-state index in [0.29, 0.717) is 5.56 Å². The third-order valence-electron chi connectivity index (χ3n) is 5.18. The van der Waals surface area contributed by atoms with Crippen LogP contribution in [-0.2, 0) is 0 Å². The molecule has 0 saturated heterocycles. The number of aliphatic hydroxyl groups excluding tert-OH is 2. The Morgan fingerprint density at radius 3 is 2.27 bits per heavy atom. The van der Waals surface area contributed by atoms with Crippen LogP contribution in [0.1, 0.15) is 43.6 Å². The number of aromatic nitrogens is 1. The number of nitrogens with one attached hydrogen (secondary N) is 1. The van der Waals surface area contributed by atoms with Crippen molar-refractivity contribution >= 4 is 27.6 Å². The van der Waals surface area contributed by atoms with Crippen molar-refractivity contribution in [2.75, 3.05) is 0 Å². The van der Waals surface area contributed by atoms with E-state index < -0.39 is 18.0 Å². The molecule has 3 N–H and O–H groups in total. The van der Waals surface area contributed by atoms with E-state index in [9.17, 15) is 15.0 Å². The van der Waals surface area contributed by atoms with E-state index in [1.54, 1.807) is 27.7 Å². The SMILES string of the molecule is Cc1c(C(=O)C(C)(C)N(C(C)O)C(C)O)ccc2[nH]c3ccccc3c12. The van der Waals surface area contributed by atoms with E-state index in [2.05, 4.69) is 4.98 Å². The zero-order chi connectivity index (χ0) is 19.2. The number of nitrogens with zero attached hydrogens (tertiary/aromatic N) is 1. The quantitative estimate of drug-likeness (QED) is 0.484. The first-order valence-electron chi connectivity index (χ1n) is 8.85. The lowest BCUT2D eigenvalue weighted by Gasteiger charge is -2.41. The van der Waals surface area contributed by atoms with Crippen LogP contribution in [0.15, 0.2) is 36.4 Å². The fourth-order valence-electron chi connectivity index (χ4n) is 4.06. The van der Waals surface area contributed by atoms with Crippen LogP contribution in [0.3, 0.4) is 0 Å². The van der Waals surface area contributed by atoms with E-state index in [1.807, 2.05) is 43.3 Å². The molecule has 3 aromatic rings. The predicted octanol–water partition coefficient (Wildman–Crippen LogP) is 3.57. The van der Waals surface area contributed by atoms with Crippen LogP contribution < -0.4 is 0 Å². The van der Waals surface area contributed by atoms with Crippen LogP contribution >= 0.6 is 0 Å². The van der Waals surface area contributed by atoms with Crippen molar-refractivity contribution < 1.29 is 15.0 Å². The van der Waals surface area contributed by atoms with Gasteiger partial charge in [0, 0.05) is 27.4 Å². The maximum absolute atomic E-state index is 13.4. The van der Waals surface area contributed by atoms with E-state index in [-0.39, 0.29) is 5.78 Å². The highest BCUT2D eigenvalue weighted by atomic mass is 16.3. The number of rotatable bonds is 5. The highest BCUT2D eigenvalue weighted by Gasteiger charge is 2.40. The first-order valence-corrected chi connectivity index (χ1v) is 8.85. The Kier molecular flexibility index (Phi) is 4.65. The zero-order valence-corrected chi connectivity index (χ0v) is 15.9. The molecule has 0 spiro atoms. The first-order chi connectivity index (χ1) is 12.2. The number of H-pyrrole nitrogens is 1. The number of hydrogen-bond donors (Lipinski definition) is 3. The fourth-order valence-corrected chi connectivity index (χ4v) is 4.06. The van der Waals surface area contributed by atoms with Crippen LogP contribution in [0.2, 0.25) is 0 Å². The third-order valence-corrected chi connectivity index (χ3v) is 5.18. The second-order valence-electron chi connectivity index (χ2n) is 7.39. The van der Waals surface area contributed by atoms with Crippen LogP contribution in [0.25, 0.3) is 21.8 Å². The van der Waals surface area contributed by atoms with Crippen molar-refractivity contribution in [3.63, 3.8) is 0 Å². The van der Waals surface area contributed by atoms with Crippen molar-refractivity contribution in [1.82, 2.24) is 9.88 Å². The summed E-state index contributed by atoms with van der Waals surface area (Å²) in [6.45, 7) is 8.51. The number of carbonyl (C=O) groups excluding carboxylic acids is 1. The molecule has 1 heterocycles. The Morgan fingerprint density at radius 1 is 1.04 bits per heavy atom. The molecule has 0 radical (unpaired) electrons. The van der Waals surface area contributed by atoms with Crippen molar-refractivity contribution in [3.05, 3.63) is 47.5 Å². The summed E-state index contributed by atoms with van der Waals surface area (Å²) in [5.74, 6) is -0.135. The average molecular weight is 354 g/mol. The molecule has 0 aliphatic rings. The molecule has 2 unspecified atom stereocenters. The monoisotopic (exact) mass is 354 g/mol. The number of aromatic amines is 1. The van der Waals surface area contributed by atoms with Gasteiger partial charge in [-0.05, 0) is 58.4 Å². The topological polar surface area (TPSA) is 76.6 Å². The van der Waals surface area contributed by atoms with Gasteiger partial charge in [0.1, 0.15) is 12.5 Å². The van der Waals surface area contributed by atoms with Crippen LogP contribution in [0, 0.1) is 6.92 Å². The zero-order valence-electron chi connectivity index (χ0n) is 15.9. The smallest absolute Gasteiger partial charge is 0.182 e. The molecule has 0 fully saturated rings. The lowest BCUT2D eigenvalue weighted by Crippen LogP contribution is -2.57. The summed E-state index contributed by atoms with van der Waals surface area (Å²) < 4.78 is 0. The highest BCUT2D eigenvalue weighted by molar-refractivity contribution is 6.14. The fraction of sp³-hybridized carbons (Fsp3) is 0.381. The molecule has 138 valence electrons. The molecule has 26 heavy (non-hydrogen) atoms. The maximum atomic E-state index is 13.4. The molecule has 0 aliphatic heterocycles. The van der Waals surface area contributed by atoms with Crippen molar-refractivity contribution in [3.8, 4) is 0 Å². The second kappa shape index (κ2) is 6.50. The number of ketones is 1. The molecule has 5 nitrogen and oxygen atoms in total. The lowest BCUT2D eigenvalue weighted by atomic mass is 9.87. The maximum Gasteiger partial charge on any atom is 0.182 e. The van der Waals surface area contributed by atoms with E-state index in [4.69, 9.17) is 0 Å². The van der Waals surface area contributed by atoms with E-state index >= 15 is 0 Å². The molecule has 3 rings (SSSR count). The van der Waals surface area contributed by atoms with Crippen LogP contribution in [0.5, 0.6) is 0 Å². The lowest BCUT2D eigenvalue weighted by molar-refractivity contribution is -0.123. The summed E-state index contributed by atoms with van der Waals surface area (Å²) in [4.78, 5) is 18.2. The van der Waals surface area contributed by atoms with Gasteiger partial charge in [0.2, 0.25) is 0 Å². The normalized spacial score (nSPS) is 14.9. The Morgan fingerprint density at radius 2 is 1.65 bits per heavy atom. The largest absolute Gasteiger partial charge is 0.379 e. The van der Waals surface area contributed by atoms with Gasteiger partial charge in [-0.1, -0.05) is 18.2 Å². The molecule has 1 aromatic heterocycles. The van der Waals surface area contributed by atoms with Gasteiger partial charge in [0.15, 0.2) is 5.78 Å². The van der Waals surface area contributed by atoms with Gasteiger partial charge in [-0.25, -0.2) is 4.90 Å². The molecular formula is C21H26N2O3. The molecule has 0 saturated carbocycles. The van der Waals surface area contributed by atoms with Gasteiger partial charge in [-0.2, -0.15) is 0 Å². The standard InChI is InChI=1S/C21H26N2O3/c1-12-15(20(26)21(4,5)23(13(2)24)14(3)25)10-11-18-19(12)16-8-6-7-9-17(16)22-18/h6-11,13-14,22,24-25H,1-5H3. The molecule has 2 atom stereocenters. The Labute approximate surface area is 153 Å². The molecular weight excluding hydrogens is 328 g/mol. The number of benzene rings is 2. The summed E-state index contributed by atoms with van der Waals surface area (Å²) in [5, 5.41) is 22.3. The third kappa shape index (κ3) is 2.82. The van der Waals surface area contributed by atoms with Gasteiger partial charge in [-0.15, -0.1) is 0 Å². The van der Waals surface area contributed by atoms with Crippen molar-refractivity contribution in [1.29, 1.82) is 0 Å². The number of aryl methyl sites for hydroxylation is 1. The Bertz CT molecular complexity index is 962. The molecule has 5 heteroatoms. The number of para-hydroxylation sites is 1. The second-order valence-corrected chi connectivity index (χ2v) is 7.39.